The van der Waals surface area contributed by atoms with Gasteiger partial charge in [-0.05, 0) is 48.7 Å². The minimum atomic E-state index is -3.76. The molecular weight excluding hydrogens is 432 g/mol. The van der Waals surface area contributed by atoms with Crippen molar-refractivity contribution in [1.29, 1.82) is 0 Å². The van der Waals surface area contributed by atoms with Crippen LogP contribution in [0.2, 0.25) is 0 Å². The van der Waals surface area contributed by atoms with E-state index in [9.17, 15) is 13.2 Å². The molecular formula is C21H22N6O4S. The van der Waals surface area contributed by atoms with Crippen molar-refractivity contribution in [2.75, 3.05) is 6.26 Å². The average molecular weight is 455 g/mol. The Bertz CT molecular complexity index is 1360. The lowest BCUT2D eigenvalue weighted by molar-refractivity contribution is -0.131. The third-order valence-electron chi connectivity index (χ3n) is 5.62. The van der Waals surface area contributed by atoms with Crippen LogP contribution in [0.1, 0.15) is 13.3 Å². The molecule has 0 saturated heterocycles. The van der Waals surface area contributed by atoms with Gasteiger partial charge in [0, 0.05) is 24.4 Å². The van der Waals surface area contributed by atoms with Gasteiger partial charge in [0.05, 0.1) is 23.6 Å². The maximum Gasteiger partial charge on any atom is 0.264 e. The van der Waals surface area contributed by atoms with Crippen LogP contribution in [0.5, 0.6) is 0 Å². The molecule has 2 aromatic heterocycles. The van der Waals surface area contributed by atoms with E-state index in [-0.39, 0.29) is 13.0 Å². The van der Waals surface area contributed by atoms with Gasteiger partial charge >= 0.3 is 0 Å². The number of carbonyl (C=O) groups is 1. The molecule has 2 aromatic carbocycles. The number of aryl methyl sites for hydroxylation is 1. The first-order valence-electron chi connectivity index (χ1n) is 9.80. The van der Waals surface area contributed by atoms with Crippen LogP contribution >= 0.6 is 0 Å². The van der Waals surface area contributed by atoms with Gasteiger partial charge in [0.15, 0.2) is 14.6 Å². The van der Waals surface area contributed by atoms with Crippen LogP contribution in [0.4, 0.5) is 0 Å². The lowest BCUT2D eigenvalue weighted by Crippen LogP contribution is -2.49. The molecule has 32 heavy (non-hydrogen) atoms. The van der Waals surface area contributed by atoms with Gasteiger partial charge in [-0.25, -0.2) is 13.9 Å². The maximum atomic E-state index is 12.1. The average Bonchev–Trinajstić information content (AvgIpc) is 3.45. The Balaban J connectivity index is 1.56. The number of nitrogens with zero attached hydrogens (tertiary/aromatic N) is 5. The number of amides is 1. The topological polar surface area (TPSA) is 132 Å². The van der Waals surface area contributed by atoms with E-state index in [1.807, 2.05) is 42.5 Å². The molecule has 2 heterocycles. The zero-order valence-corrected chi connectivity index (χ0v) is 18.3. The molecule has 4 rings (SSSR count). The summed E-state index contributed by atoms with van der Waals surface area (Å²) < 4.78 is 24.1. The van der Waals surface area contributed by atoms with E-state index < -0.39 is 20.5 Å². The van der Waals surface area contributed by atoms with Crippen molar-refractivity contribution < 1.29 is 18.4 Å². The van der Waals surface area contributed by atoms with Crippen LogP contribution in [0, 0.1) is 0 Å². The lowest BCUT2D eigenvalue weighted by Gasteiger charge is -2.24. The molecule has 166 valence electrons. The first kappa shape index (κ1) is 21.7. The van der Waals surface area contributed by atoms with E-state index in [1.165, 1.54) is 12.4 Å². The molecule has 0 aliphatic heterocycles. The fourth-order valence-electron chi connectivity index (χ4n) is 3.42. The molecule has 1 amide bonds. The highest BCUT2D eigenvalue weighted by molar-refractivity contribution is 7.92. The molecule has 0 saturated carbocycles. The molecule has 0 aliphatic rings. The van der Waals surface area contributed by atoms with Gasteiger partial charge in [0.25, 0.3) is 5.91 Å². The first-order valence-corrected chi connectivity index (χ1v) is 11.7. The van der Waals surface area contributed by atoms with Crippen molar-refractivity contribution in [1.82, 2.24) is 30.3 Å². The summed E-state index contributed by atoms with van der Waals surface area (Å²) in [5, 5.41) is 22.5. The third-order valence-corrected chi connectivity index (χ3v) is 7.65. The highest BCUT2D eigenvalue weighted by atomic mass is 32.2. The van der Waals surface area contributed by atoms with Crippen molar-refractivity contribution in [3.63, 3.8) is 0 Å². The number of carbonyl (C=O) groups excluding carboxylic acids is 1. The fourth-order valence-corrected chi connectivity index (χ4v) is 4.27. The monoisotopic (exact) mass is 454 g/mol. The Morgan fingerprint density at radius 2 is 1.75 bits per heavy atom. The fraction of sp³-hybridized carbons (Fsp3) is 0.238. The summed E-state index contributed by atoms with van der Waals surface area (Å²) in [5.74, 6) is -0.965. The minimum Gasteiger partial charge on any atom is -0.289 e. The molecule has 0 fully saturated rings. The summed E-state index contributed by atoms with van der Waals surface area (Å²) >= 11 is 0. The summed E-state index contributed by atoms with van der Waals surface area (Å²) in [7, 11) is -3.76. The second kappa shape index (κ2) is 8.17. The second-order valence-electron chi connectivity index (χ2n) is 7.73. The standard InChI is InChI=1S/C21H22N6O4S/c1-21(20(28)25-29,32(2,30)31)9-12-26-14-17-13-16(5-8-19(17)24-26)15-3-6-18(7-4-15)27-22-10-11-23-27/h3-8,10-11,13-14,29H,9,12H2,1-2H3,(H,25,28). The van der Waals surface area contributed by atoms with Gasteiger partial charge in [-0.1, -0.05) is 18.2 Å². The van der Waals surface area contributed by atoms with Gasteiger partial charge < -0.3 is 0 Å². The largest absolute Gasteiger partial charge is 0.289 e. The second-order valence-corrected chi connectivity index (χ2v) is 10.2. The Hall–Kier alpha value is -3.57. The van der Waals surface area contributed by atoms with Gasteiger partial charge in [0.2, 0.25) is 0 Å². The summed E-state index contributed by atoms with van der Waals surface area (Å²) in [5.41, 5.74) is 5.07. The Morgan fingerprint density at radius 1 is 1.09 bits per heavy atom. The van der Waals surface area contributed by atoms with E-state index in [0.717, 1.165) is 34.0 Å². The van der Waals surface area contributed by atoms with Crippen molar-refractivity contribution in [2.45, 2.75) is 24.6 Å². The van der Waals surface area contributed by atoms with Crippen LogP contribution in [0.3, 0.4) is 0 Å². The van der Waals surface area contributed by atoms with E-state index in [4.69, 9.17) is 5.21 Å². The number of hydrogen-bond acceptors (Lipinski definition) is 7. The molecule has 0 radical (unpaired) electrons. The van der Waals surface area contributed by atoms with Crippen molar-refractivity contribution in [2.24, 2.45) is 0 Å². The summed E-state index contributed by atoms with van der Waals surface area (Å²) in [6.07, 6.45) is 5.98. The van der Waals surface area contributed by atoms with E-state index in [1.54, 1.807) is 28.1 Å². The Labute approximate surface area is 184 Å². The van der Waals surface area contributed by atoms with Gasteiger partial charge in [-0.3, -0.25) is 14.7 Å². The summed E-state index contributed by atoms with van der Waals surface area (Å²) in [4.78, 5) is 13.5. The summed E-state index contributed by atoms with van der Waals surface area (Å²) in [6.45, 7) is 1.48. The van der Waals surface area contributed by atoms with E-state index >= 15 is 0 Å². The molecule has 0 spiro atoms. The SMILES string of the molecule is CC(CCn1cc2cc(-c3ccc(-n4nccn4)cc3)ccc2n1)(C(=O)NO)S(C)(=O)=O. The van der Waals surface area contributed by atoms with Gasteiger partial charge in [-0.15, -0.1) is 0 Å². The van der Waals surface area contributed by atoms with Crippen LogP contribution in [-0.2, 0) is 21.2 Å². The number of hydrogen-bond donors (Lipinski definition) is 2. The number of fused-ring (bicyclic) bond motifs is 1. The van der Waals surface area contributed by atoms with Crippen LogP contribution in [-0.4, -0.2) is 55.3 Å². The van der Waals surface area contributed by atoms with E-state index in [0.29, 0.717) is 0 Å². The molecule has 0 bridgehead atoms. The lowest BCUT2D eigenvalue weighted by atomic mass is 10.0. The zero-order chi connectivity index (χ0) is 22.9. The number of aromatic nitrogens is 5. The number of sulfone groups is 1. The Morgan fingerprint density at radius 3 is 2.38 bits per heavy atom. The highest BCUT2D eigenvalue weighted by Crippen LogP contribution is 2.26. The van der Waals surface area contributed by atoms with Crippen molar-refractivity contribution in [3.8, 4) is 16.8 Å². The normalized spacial score (nSPS) is 13.7. The predicted octanol–water partition coefficient (Wildman–Crippen LogP) is 1.98. The minimum absolute atomic E-state index is 0.0397. The molecule has 1 atom stereocenters. The van der Waals surface area contributed by atoms with Crippen LogP contribution < -0.4 is 5.48 Å². The number of hydroxylamine groups is 1. The van der Waals surface area contributed by atoms with Crippen molar-refractivity contribution in [3.05, 3.63) is 61.1 Å². The van der Waals surface area contributed by atoms with Crippen molar-refractivity contribution >= 4 is 26.6 Å². The highest BCUT2D eigenvalue weighted by Gasteiger charge is 2.43. The summed E-state index contributed by atoms with van der Waals surface area (Å²) in [6, 6.07) is 13.7. The number of nitrogens with one attached hydrogen (secondary N) is 1. The Kier molecular flexibility index (Phi) is 5.53. The van der Waals surface area contributed by atoms with Gasteiger partial charge in [-0.2, -0.15) is 20.1 Å². The molecule has 1 unspecified atom stereocenters. The molecule has 2 N–H and O–H groups in total. The molecule has 10 nitrogen and oxygen atoms in total. The van der Waals surface area contributed by atoms with Crippen LogP contribution in [0.15, 0.2) is 61.1 Å². The third kappa shape index (κ3) is 3.99. The quantitative estimate of drug-likeness (QED) is 0.322. The molecule has 0 aliphatic carbocycles. The number of benzene rings is 2. The maximum absolute atomic E-state index is 12.1. The van der Waals surface area contributed by atoms with Gasteiger partial charge in [0.1, 0.15) is 0 Å². The smallest absolute Gasteiger partial charge is 0.264 e. The predicted molar refractivity (Wildman–Crippen MR) is 118 cm³/mol. The molecule has 11 heteroatoms. The molecule has 4 aromatic rings. The zero-order valence-electron chi connectivity index (χ0n) is 17.5. The van der Waals surface area contributed by atoms with Crippen LogP contribution in [0.25, 0.3) is 27.7 Å². The van der Waals surface area contributed by atoms with E-state index in [2.05, 4.69) is 15.3 Å². The first-order chi connectivity index (χ1) is 15.2. The number of rotatable bonds is 7.